The van der Waals surface area contributed by atoms with E-state index >= 15 is 0 Å². The van der Waals surface area contributed by atoms with Crippen LogP contribution in [0.2, 0.25) is 0 Å². The first-order chi connectivity index (χ1) is 7.97. The van der Waals surface area contributed by atoms with Crippen LogP contribution in [0.4, 0.5) is 0 Å². The quantitative estimate of drug-likeness (QED) is 0.818. The Morgan fingerprint density at radius 3 is 2.71 bits per heavy atom. The van der Waals surface area contributed by atoms with Gasteiger partial charge in [-0.2, -0.15) is 5.26 Å². The van der Waals surface area contributed by atoms with Crippen molar-refractivity contribution in [1.82, 2.24) is 5.32 Å². The highest BCUT2D eigenvalue weighted by Crippen LogP contribution is 2.47. The summed E-state index contributed by atoms with van der Waals surface area (Å²) in [4.78, 5) is 0. The molecule has 17 heavy (non-hydrogen) atoms. The van der Waals surface area contributed by atoms with Crippen LogP contribution >= 0.6 is 0 Å². The zero-order chi connectivity index (χ0) is 12.5. The van der Waals surface area contributed by atoms with Crippen molar-refractivity contribution in [1.29, 1.82) is 5.26 Å². The van der Waals surface area contributed by atoms with Gasteiger partial charge in [0.2, 0.25) is 0 Å². The largest absolute Gasteiger partial charge is 0.377 e. The zero-order valence-corrected chi connectivity index (χ0v) is 11.3. The highest BCUT2D eigenvalue weighted by atomic mass is 16.5. The van der Waals surface area contributed by atoms with E-state index in [9.17, 15) is 5.26 Å². The molecule has 1 aliphatic heterocycles. The molecule has 1 heterocycles. The summed E-state index contributed by atoms with van der Waals surface area (Å²) in [6, 6.07) is 2.54. The molecule has 0 aromatic heterocycles. The minimum Gasteiger partial charge on any atom is -0.377 e. The van der Waals surface area contributed by atoms with Gasteiger partial charge in [0.25, 0.3) is 0 Å². The number of nitrogens with zero attached hydrogens (tertiary/aromatic N) is 1. The van der Waals surface area contributed by atoms with Crippen LogP contribution < -0.4 is 5.32 Å². The minimum atomic E-state index is -0.338. The average Bonchev–Trinajstić information content (AvgIpc) is 2.82. The number of ether oxygens (including phenoxy) is 1. The molecule has 1 aliphatic carbocycles. The van der Waals surface area contributed by atoms with Crippen LogP contribution in [-0.2, 0) is 4.74 Å². The van der Waals surface area contributed by atoms with Crippen molar-refractivity contribution in [2.45, 2.75) is 58.1 Å². The van der Waals surface area contributed by atoms with Gasteiger partial charge in [-0.25, -0.2) is 0 Å². The zero-order valence-electron chi connectivity index (χ0n) is 11.3. The van der Waals surface area contributed by atoms with Crippen molar-refractivity contribution < 1.29 is 4.74 Å². The van der Waals surface area contributed by atoms with E-state index in [1.54, 1.807) is 0 Å². The summed E-state index contributed by atoms with van der Waals surface area (Å²) in [5.74, 6) is 0.420. The molecule has 1 saturated heterocycles. The van der Waals surface area contributed by atoms with Crippen LogP contribution in [0.3, 0.4) is 0 Å². The lowest BCUT2D eigenvalue weighted by molar-refractivity contribution is 0.101. The Hall–Kier alpha value is -0.590. The molecule has 0 radical (unpaired) electrons. The Morgan fingerprint density at radius 2 is 2.24 bits per heavy atom. The number of nitrogens with one attached hydrogen (secondary N) is 1. The number of hydrogen-bond acceptors (Lipinski definition) is 3. The van der Waals surface area contributed by atoms with Gasteiger partial charge in [0.05, 0.1) is 12.2 Å². The third-order valence-electron chi connectivity index (χ3n) is 4.33. The number of rotatable bonds is 3. The molecule has 0 bridgehead atoms. The van der Waals surface area contributed by atoms with Crippen molar-refractivity contribution in [3.63, 3.8) is 0 Å². The summed E-state index contributed by atoms with van der Waals surface area (Å²) in [7, 11) is 0. The average molecular weight is 236 g/mol. The second-order valence-corrected chi connectivity index (χ2v) is 6.55. The van der Waals surface area contributed by atoms with Gasteiger partial charge in [0.1, 0.15) is 5.54 Å². The monoisotopic (exact) mass is 236 g/mol. The van der Waals surface area contributed by atoms with E-state index in [2.05, 4.69) is 32.2 Å². The van der Waals surface area contributed by atoms with E-state index in [0.717, 1.165) is 38.8 Å². The Morgan fingerprint density at radius 1 is 1.47 bits per heavy atom. The van der Waals surface area contributed by atoms with E-state index in [1.165, 1.54) is 0 Å². The topological polar surface area (TPSA) is 45.0 Å². The molecule has 1 saturated carbocycles. The van der Waals surface area contributed by atoms with Crippen LogP contribution in [0, 0.1) is 22.7 Å². The molecule has 0 spiro atoms. The Bertz CT molecular complexity index is 315. The van der Waals surface area contributed by atoms with Crippen LogP contribution in [0.15, 0.2) is 0 Å². The van der Waals surface area contributed by atoms with Gasteiger partial charge in [-0.3, -0.25) is 5.32 Å². The normalized spacial score (nSPS) is 40.4. The summed E-state index contributed by atoms with van der Waals surface area (Å²) >= 11 is 0. The third kappa shape index (κ3) is 2.64. The molecule has 3 nitrogen and oxygen atoms in total. The van der Waals surface area contributed by atoms with Crippen LogP contribution in [-0.4, -0.2) is 24.8 Å². The molecular weight excluding hydrogens is 212 g/mol. The van der Waals surface area contributed by atoms with Gasteiger partial charge in [-0.15, -0.1) is 0 Å². The molecule has 0 aromatic carbocycles. The van der Waals surface area contributed by atoms with E-state index in [4.69, 9.17) is 4.74 Å². The summed E-state index contributed by atoms with van der Waals surface area (Å²) in [6.45, 7) is 8.42. The maximum Gasteiger partial charge on any atom is 0.109 e. The maximum atomic E-state index is 9.54. The highest BCUT2D eigenvalue weighted by molar-refractivity contribution is 5.17. The lowest BCUT2D eigenvalue weighted by Crippen LogP contribution is -2.49. The first-order valence-corrected chi connectivity index (χ1v) is 6.75. The summed E-state index contributed by atoms with van der Waals surface area (Å²) in [5, 5.41) is 13.0. The third-order valence-corrected chi connectivity index (χ3v) is 4.33. The second-order valence-electron chi connectivity index (χ2n) is 6.55. The maximum absolute atomic E-state index is 9.54. The van der Waals surface area contributed by atoms with Crippen molar-refractivity contribution in [2.75, 3.05) is 13.2 Å². The first-order valence-electron chi connectivity index (χ1n) is 6.75. The van der Waals surface area contributed by atoms with Gasteiger partial charge in [-0.05, 0) is 37.0 Å². The molecule has 3 heteroatoms. The van der Waals surface area contributed by atoms with E-state index in [1.807, 2.05) is 0 Å². The predicted molar refractivity (Wildman–Crippen MR) is 67.5 cm³/mol. The lowest BCUT2D eigenvalue weighted by atomic mass is 9.87. The Labute approximate surface area is 105 Å². The fraction of sp³-hybridized carbons (Fsp3) is 0.929. The van der Waals surface area contributed by atoms with Gasteiger partial charge in [-0.1, -0.05) is 20.8 Å². The van der Waals surface area contributed by atoms with E-state index in [0.29, 0.717) is 12.0 Å². The van der Waals surface area contributed by atoms with Crippen LogP contribution in [0.25, 0.3) is 0 Å². The van der Waals surface area contributed by atoms with Crippen LogP contribution in [0.5, 0.6) is 0 Å². The molecule has 2 aliphatic rings. The molecule has 1 N–H and O–H groups in total. The molecule has 3 atom stereocenters. The molecule has 2 fully saturated rings. The fourth-order valence-electron chi connectivity index (χ4n) is 3.53. The molecule has 0 aromatic rings. The summed E-state index contributed by atoms with van der Waals surface area (Å²) < 4.78 is 5.62. The number of nitriles is 1. The van der Waals surface area contributed by atoms with Crippen molar-refractivity contribution in [3.8, 4) is 6.07 Å². The van der Waals surface area contributed by atoms with Crippen molar-refractivity contribution in [2.24, 2.45) is 11.3 Å². The van der Waals surface area contributed by atoms with Crippen molar-refractivity contribution >= 4 is 0 Å². The second kappa shape index (κ2) is 4.59. The standard InChI is InChI=1S/C14H24N2O/c1-11-7-13(2,3)9-14(11,10-15)16-8-12-5-4-6-17-12/h11-12,16H,4-9H2,1-3H3. The molecular formula is C14H24N2O. The van der Waals surface area contributed by atoms with Crippen molar-refractivity contribution in [3.05, 3.63) is 0 Å². The van der Waals surface area contributed by atoms with Gasteiger partial charge < -0.3 is 4.74 Å². The van der Waals surface area contributed by atoms with Crippen LogP contribution in [0.1, 0.15) is 46.5 Å². The molecule has 96 valence electrons. The Kier molecular flexibility index (Phi) is 3.47. The molecule has 3 unspecified atom stereocenters. The fourth-order valence-corrected chi connectivity index (χ4v) is 3.53. The van der Waals surface area contributed by atoms with Gasteiger partial charge in [0.15, 0.2) is 0 Å². The van der Waals surface area contributed by atoms with Gasteiger partial charge in [0, 0.05) is 13.2 Å². The Balaban J connectivity index is 1.98. The van der Waals surface area contributed by atoms with E-state index < -0.39 is 0 Å². The summed E-state index contributed by atoms with van der Waals surface area (Å²) in [5.41, 5.74) is -0.0614. The molecule has 2 rings (SSSR count). The molecule has 0 amide bonds. The minimum absolute atomic E-state index is 0.276. The van der Waals surface area contributed by atoms with Gasteiger partial charge >= 0.3 is 0 Å². The van der Waals surface area contributed by atoms with E-state index in [-0.39, 0.29) is 11.0 Å². The highest BCUT2D eigenvalue weighted by Gasteiger charge is 2.49. The number of hydrogen-bond donors (Lipinski definition) is 1. The first kappa shape index (κ1) is 12.9. The summed E-state index contributed by atoms with van der Waals surface area (Å²) in [6.07, 6.45) is 4.68. The lowest BCUT2D eigenvalue weighted by Gasteiger charge is -2.29. The SMILES string of the molecule is CC1CC(C)(C)CC1(C#N)NCC1CCCO1. The smallest absolute Gasteiger partial charge is 0.109 e. The predicted octanol–water partition coefficient (Wildman–Crippen LogP) is 2.47.